The zero-order valence-corrected chi connectivity index (χ0v) is 10.8. The van der Waals surface area contributed by atoms with Gasteiger partial charge in [0.05, 0.1) is 31.2 Å². The van der Waals surface area contributed by atoms with Crippen molar-refractivity contribution in [1.29, 1.82) is 5.26 Å². The molecule has 0 saturated heterocycles. The summed E-state index contributed by atoms with van der Waals surface area (Å²) in [4.78, 5) is 0. The van der Waals surface area contributed by atoms with Crippen LogP contribution in [0.15, 0.2) is 42.5 Å². The van der Waals surface area contributed by atoms with Crippen LogP contribution in [0, 0.1) is 11.3 Å². The summed E-state index contributed by atoms with van der Waals surface area (Å²) in [5.41, 5.74) is 2.06. The first kappa shape index (κ1) is 12.8. The molecule has 4 nitrogen and oxygen atoms in total. The van der Waals surface area contributed by atoms with E-state index in [9.17, 15) is 0 Å². The summed E-state index contributed by atoms with van der Waals surface area (Å²) in [6.45, 7) is 0. The van der Waals surface area contributed by atoms with Gasteiger partial charge in [-0.05, 0) is 24.3 Å². The van der Waals surface area contributed by atoms with Gasteiger partial charge in [0, 0.05) is 6.07 Å². The van der Waals surface area contributed by atoms with Crippen LogP contribution in [-0.4, -0.2) is 14.2 Å². The molecule has 0 heterocycles. The standard InChI is InChI=1S/C15H14N2O2/c1-18-12-7-8-15(19-2)14(9-12)17-13-6-4-3-5-11(13)10-16/h3-9,17H,1-2H3. The Labute approximate surface area is 112 Å². The van der Waals surface area contributed by atoms with E-state index in [0.717, 1.165) is 17.1 Å². The Morgan fingerprint density at radius 2 is 1.79 bits per heavy atom. The van der Waals surface area contributed by atoms with Gasteiger partial charge in [0.2, 0.25) is 0 Å². The van der Waals surface area contributed by atoms with Gasteiger partial charge in [-0.1, -0.05) is 12.1 Å². The molecule has 0 fully saturated rings. The van der Waals surface area contributed by atoms with E-state index in [1.165, 1.54) is 0 Å². The molecule has 0 aromatic heterocycles. The van der Waals surface area contributed by atoms with Gasteiger partial charge < -0.3 is 14.8 Å². The Morgan fingerprint density at radius 3 is 2.47 bits per heavy atom. The highest BCUT2D eigenvalue weighted by atomic mass is 16.5. The smallest absolute Gasteiger partial charge is 0.142 e. The maximum Gasteiger partial charge on any atom is 0.142 e. The highest BCUT2D eigenvalue weighted by Crippen LogP contribution is 2.32. The zero-order valence-electron chi connectivity index (χ0n) is 10.8. The molecule has 0 radical (unpaired) electrons. The minimum Gasteiger partial charge on any atom is -0.497 e. The normalized spacial score (nSPS) is 9.53. The van der Waals surface area contributed by atoms with E-state index in [0.29, 0.717) is 11.3 Å². The van der Waals surface area contributed by atoms with Gasteiger partial charge in [-0.15, -0.1) is 0 Å². The van der Waals surface area contributed by atoms with Crippen molar-refractivity contribution in [3.8, 4) is 17.6 Å². The molecule has 0 aliphatic rings. The molecule has 0 amide bonds. The molecule has 2 aromatic carbocycles. The van der Waals surface area contributed by atoms with E-state index < -0.39 is 0 Å². The maximum absolute atomic E-state index is 9.08. The lowest BCUT2D eigenvalue weighted by Crippen LogP contribution is -1.97. The van der Waals surface area contributed by atoms with E-state index in [2.05, 4.69) is 11.4 Å². The number of ether oxygens (including phenoxy) is 2. The molecule has 0 aliphatic carbocycles. The topological polar surface area (TPSA) is 54.3 Å². The quantitative estimate of drug-likeness (QED) is 0.909. The lowest BCUT2D eigenvalue weighted by Gasteiger charge is -2.13. The number of hydrogen-bond donors (Lipinski definition) is 1. The lowest BCUT2D eigenvalue weighted by molar-refractivity contribution is 0.405. The Balaban J connectivity index is 2.39. The van der Waals surface area contributed by atoms with Crippen molar-refractivity contribution in [1.82, 2.24) is 0 Å². The summed E-state index contributed by atoms with van der Waals surface area (Å²) in [6.07, 6.45) is 0. The average Bonchev–Trinajstić information content (AvgIpc) is 2.47. The Bertz CT molecular complexity index is 618. The van der Waals surface area contributed by atoms with Crippen LogP contribution in [0.25, 0.3) is 0 Å². The minimum atomic E-state index is 0.576. The summed E-state index contributed by atoms with van der Waals surface area (Å²) in [5.74, 6) is 1.41. The van der Waals surface area contributed by atoms with Gasteiger partial charge in [0.15, 0.2) is 0 Å². The summed E-state index contributed by atoms with van der Waals surface area (Å²) < 4.78 is 10.5. The fourth-order valence-corrected chi connectivity index (χ4v) is 1.75. The van der Waals surface area contributed by atoms with Crippen LogP contribution >= 0.6 is 0 Å². The number of nitrogens with zero attached hydrogens (tertiary/aromatic N) is 1. The Hall–Kier alpha value is -2.67. The fourth-order valence-electron chi connectivity index (χ4n) is 1.75. The molecule has 2 rings (SSSR count). The number of hydrogen-bond acceptors (Lipinski definition) is 4. The lowest BCUT2D eigenvalue weighted by atomic mass is 10.2. The van der Waals surface area contributed by atoms with Gasteiger partial charge in [-0.3, -0.25) is 0 Å². The van der Waals surface area contributed by atoms with Crippen LogP contribution in [0.1, 0.15) is 5.56 Å². The molecule has 0 saturated carbocycles. The molecule has 19 heavy (non-hydrogen) atoms. The van der Waals surface area contributed by atoms with Crippen LogP contribution < -0.4 is 14.8 Å². The van der Waals surface area contributed by atoms with Crippen molar-refractivity contribution in [3.63, 3.8) is 0 Å². The third-order valence-corrected chi connectivity index (χ3v) is 2.72. The molecular weight excluding hydrogens is 240 g/mol. The highest BCUT2D eigenvalue weighted by molar-refractivity contribution is 5.71. The van der Waals surface area contributed by atoms with E-state index in [1.807, 2.05) is 36.4 Å². The second kappa shape index (κ2) is 5.78. The van der Waals surface area contributed by atoms with E-state index in [1.54, 1.807) is 20.3 Å². The van der Waals surface area contributed by atoms with Crippen molar-refractivity contribution in [2.24, 2.45) is 0 Å². The Morgan fingerprint density at radius 1 is 1.00 bits per heavy atom. The maximum atomic E-state index is 9.08. The van der Waals surface area contributed by atoms with Crippen LogP contribution in [0.5, 0.6) is 11.5 Å². The van der Waals surface area contributed by atoms with Crippen molar-refractivity contribution in [2.75, 3.05) is 19.5 Å². The predicted octanol–water partition coefficient (Wildman–Crippen LogP) is 3.32. The molecule has 1 N–H and O–H groups in total. The number of anilines is 2. The molecule has 96 valence electrons. The molecule has 0 bridgehead atoms. The molecule has 0 spiro atoms. The Kier molecular flexibility index (Phi) is 3.89. The summed E-state index contributed by atoms with van der Waals surface area (Å²) in [6, 6.07) is 14.9. The molecule has 0 unspecified atom stereocenters. The average molecular weight is 254 g/mol. The number of benzene rings is 2. The van der Waals surface area contributed by atoms with Crippen LogP contribution in [0.2, 0.25) is 0 Å². The van der Waals surface area contributed by atoms with Gasteiger partial charge in [0.1, 0.15) is 17.6 Å². The number of nitriles is 1. The van der Waals surface area contributed by atoms with Crippen molar-refractivity contribution in [3.05, 3.63) is 48.0 Å². The summed E-state index contributed by atoms with van der Waals surface area (Å²) >= 11 is 0. The number of rotatable bonds is 4. The van der Waals surface area contributed by atoms with Crippen molar-refractivity contribution >= 4 is 11.4 Å². The third kappa shape index (κ3) is 2.78. The monoisotopic (exact) mass is 254 g/mol. The van der Waals surface area contributed by atoms with Crippen LogP contribution in [0.4, 0.5) is 11.4 Å². The summed E-state index contributed by atoms with van der Waals surface area (Å²) in [7, 11) is 3.21. The van der Waals surface area contributed by atoms with Gasteiger partial charge >= 0.3 is 0 Å². The van der Waals surface area contributed by atoms with Crippen molar-refractivity contribution < 1.29 is 9.47 Å². The first-order valence-corrected chi connectivity index (χ1v) is 5.76. The van der Waals surface area contributed by atoms with Crippen molar-refractivity contribution in [2.45, 2.75) is 0 Å². The highest BCUT2D eigenvalue weighted by Gasteiger charge is 2.07. The number of methoxy groups -OCH3 is 2. The first-order valence-electron chi connectivity index (χ1n) is 5.76. The zero-order chi connectivity index (χ0) is 13.7. The van der Waals surface area contributed by atoms with E-state index in [4.69, 9.17) is 14.7 Å². The fraction of sp³-hybridized carbons (Fsp3) is 0.133. The minimum absolute atomic E-state index is 0.576. The van der Waals surface area contributed by atoms with Gasteiger partial charge in [-0.2, -0.15) is 5.26 Å². The number of nitrogens with one attached hydrogen (secondary N) is 1. The predicted molar refractivity (Wildman–Crippen MR) is 74.0 cm³/mol. The SMILES string of the molecule is COc1ccc(OC)c(Nc2ccccc2C#N)c1. The largest absolute Gasteiger partial charge is 0.497 e. The first-order chi connectivity index (χ1) is 9.28. The molecule has 4 heteroatoms. The van der Waals surface area contributed by atoms with Crippen LogP contribution in [0.3, 0.4) is 0 Å². The third-order valence-electron chi connectivity index (χ3n) is 2.72. The number of para-hydroxylation sites is 1. The van der Waals surface area contributed by atoms with E-state index >= 15 is 0 Å². The van der Waals surface area contributed by atoms with Gasteiger partial charge in [0.25, 0.3) is 0 Å². The second-order valence-corrected chi connectivity index (χ2v) is 3.85. The second-order valence-electron chi connectivity index (χ2n) is 3.85. The van der Waals surface area contributed by atoms with E-state index in [-0.39, 0.29) is 0 Å². The molecule has 0 atom stereocenters. The summed E-state index contributed by atoms with van der Waals surface area (Å²) in [5, 5.41) is 12.3. The van der Waals surface area contributed by atoms with Crippen LogP contribution in [-0.2, 0) is 0 Å². The molecule has 2 aromatic rings. The van der Waals surface area contributed by atoms with Gasteiger partial charge in [-0.25, -0.2) is 0 Å². The molecule has 0 aliphatic heterocycles. The molecular formula is C15H14N2O2.